The van der Waals surface area contributed by atoms with Crippen LogP contribution in [0.3, 0.4) is 0 Å². The van der Waals surface area contributed by atoms with E-state index in [-0.39, 0.29) is 22.6 Å². The number of methoxy groups -OCH3 is 1. The third-order valence-electron chi connectivity index (χ3n) is 5.85. The predicted molar refractivity (Wildman–Crippen MR) is 104 cm³/mol. The second-order valence-electron chi connectivity index (χ2n) is 7.74. The summed E-state index contributed by atoms with van der Waals surface area (Å²) in [5.41, 5.74) is 0. The van der Waals surface area contributed by atoms with Gasteiger partial charge in [0.25, 0.3) is 0 Å². The first-order valence-electron chi connectivity index (χ1n) is 9.92. The molecule has 0 unspecified atom stereocenters. The molecule has 0 atom stereocenters. The Labute approximate surface area is 162 Å². The first kappa shape index (κ1) is 20.1. The van der Waals surface area contributed by atoms with Crippen molar-refractivity contribution in [3.8, 4) is 5.75 Å². The Morgan fingerprint density at radius 2 is 1.67 bits per heavy atom. The molecule has 0 aliphatic heterocycles. The fraction of sp³-hybridized carbons (Fsp3) is 0.650. The van der Waals surface area contributed by atoms with E-state index in [0.29, 0.717) is 18.3 Å². The van der Waals surface area contributed by atoms with Gasteiger partial charge in [-0.1, -0.05) is 12.8 Å². The van der Waals surface area contributed by atoms with E-state index >= 15 is 0 Å². The highest BCUT2D eigenvalue weighted by Gasteiger charge is 2.29. The summed E-state index contributed by atoms with van der Waals surface area (Å²) >= 11 is 0. The van der Waals surface area contributed by atoms with Crippen LogP contribution in [0.5, 0.6) is 5.75 Å². The molecule has 150 valence electrons. The molecule has 2 aliphatic carbocycles. The summed E-state index contributed by atoms with van der Waals surface area (Å²) in [4.78, 5) is 12.6. The first-order chi connectivity index (χ1) is 13.0. The molecule has 7 heteroatoms. The summed E-state index contributed by atoms with van der Waals surface area (Å²) in [5, 5.41) is 3.19. The predicted octanol–water partition coefficient (Wildman–Crippen LogP) is 2.84. The minimum Gasteiger partial charge on any atom is -0.497 e. The Hall–Kier alpha value is -1.60. The van der Waals surface area contributed by atoms with Crippen LogP contribution in [0.25, 0.3) is 0 Å². The SMILES string of the molecule is COc1ccc(S(=O)(=O)NCC2CCC(C(=O)NC3CCCC3)CC2)cc1. The van der Waals surface area contributed by atoms with Crippen LogP contribution in [0.1, 0.15) is 51.4 Å². The normalized spacial score (nSPS) is 23.9. The highest BCUT2D eigenvalue weighted by molar-refractivity contribution is 7.89. The van der Waals surface area contributed by atoms with E-state index in [1.165, 1.54) is 12.8 Å². The van der Waals surface area contributed by atoms with Crippen LogP contribution in [0.15, 0.2) is 29.2 Å². The van der Waals surface area contributed by atoms with Crippen LogP contribution in [-0.4, -0.2) is 34.0 Å². The van der Waals surface area contributed by atoms with Gasteiger partial charge in [-0.05, 0) is 68.7 Å². The van der Waals surface area contributed by atoms with E-state index in [1.54, 1.807) is 31.4 Å². The lowest BCUT2D eigenvalue weighted by Crippen LogP contribution is -2.39. The van der Waals surface area contributed by atoms with Crippen molar-refractivity contribution < 1.29 is 17.9 Å². The van der Waals surface area contributed by atoms with Crippen LogP contribution in [-0.2, 0) is 14.8 Å². The topological polar surface area (TPSA) is 84.5 Å². The Morgan fingerprint density at radius 1 is 1.04 bits per heavy atom. The number of nitrogens with one attached hydrogen (secondary N) is 2. The van der Waals surface area contributed by atoms with Crippen molar-refractivity contribution in [2.45, 2.75) is 62.3 Å². The van der Waals surface area contributed by atoms with Gasteiger partial charge in [-0.15, -0.1) is 0 Å². The minimum atomic E-state index is -3.52. The molecule has 6 nitrogen and oxygen atoms in total. The second-order valence-corrected chi connectivity index (χ2v) is 9.50. The van der Waals surface area contributed by atoms with Crippen molar-refractivity contribution in [2.24, 2.45) is 11.8 Å². The van der Waals surface area contributed by atoms with Crippen LogP contribution in [0, 0.1) is 11.8 Å². The molecule has 1 aromatic rings. The average molecular weight is 395 g/mol. The van der Waals surface area contributed by atoms with Gasteiger partial charge < -0.3 is 10.1 Å². The summed E-state index contributed by atoms with van der Waals surface area (Å²) in [5.74, 6) is 1.19. The van der Waals surface area contributed by atoms with Gasteiger partial charge in [-0.3, -0.25) is 4.79 Å². The van der Waals surface area contributed by atoms with Crippen molar-refractivity contribution in [3.05, 3.63) is 24.3 Å². The van der Waals surface area contributed by atoms with E-state index in [1.807, 2.05) is 0 Å². The quantitative estimate of drug-likeness (QED) is 0.745. The molecule has 3 rings (SSSR count). The summed E-state index contributed by atoms with van der Waals surface area (Å²) in [6, 6.07) is 6.74. The molecule has 0 saturated heterocycles. The lowest BCUT2D eigenvalue weighted by Gasteiger charge is -2.28. The first-order valence-corrected chi connectivity index (χ1v) is 11.4. The number of sulfonamides is 1. The standard InChI is InChI=1S/C20H30N2O4S/c1-26-18-10-12-19(13-11-18)27(24,25)21-14-15-6-8-16(9-7-15)20(23)22-17-4-2-3-5-17/h10-13,15-17,21H,2-9,14H2,1H3,(H,22,23). The van der Waals surface area contributed by atoms with Crippen LogP contribution in [0.4, 0.5) is 0 Å². The number of ether oxygens (including phenoxy) is 1. The number of amides is 1. The molecule has 2 aliphatic rings. The number of benzene rings is 1. The number of carbonyl (C=O) groups excluding carboxylic acids is 1. The van der Waals surface area contributed by atoms with Gasteiger partial charge in [0, 0.05) is 18.5 Å². The van der Waals surface area contributed by atoms with E-state index in [9.17, 15) is 13.2 Å². The second kappa shape index (κ2) is 9.06. The van der Waals surface area contributed by atoms with Gasteiger partial charge in [0.2, 0.25) is 15.9 Å². The van der Waals surface area contributed by atoms with Gasteiger partial charge in [0.1, 0.15) is 5.75 Å². The fourth-order valence-corrected chi connectivity index (χ4v) is 5.20. The van der Waals surface area contributed by atoms with Gasteiger partial charge in [-0.25, -0.2) is 13.1 Å². The summed E-state index contributed by atoms with van der Waals surface area (Å²) in [6.07, 6.45) is 8.09. The number of hydrogen-bond acceptors (Lipinski definition) is 4. The number of carbonyl (C=O) groups is 1. The zero-order valence-electron chi connectivity index (χ0n) is 15.9. The molecular formula is C20H30N2O4S. The molecule has 0 radical (unpaired) electrons. The highest BCUT2D eigenvalue weighted by Crippen LogP contribution is 2.29. The minimum absolute atomic E-state index is 0.0834. The largest absolute Gasteiger partial charge is 0.497 e. The van der Waals surface area contributed by atoms with Crippen LogP contribution in [0.2, 0.25) is 0 Å². The van der Waals surface area contributed by atoms with Crippen molar-refractivity contribution in [1.82, 2.24) is 10.0 Å². The Kier molecular flexibility index (Phi) is 6.76. The smallest absolute Gasteiger partial charge is 0.240 e. The molecule has 0 heterocycles. The van der Waals surface area contributed by atoms with Gasteiger partial charge in [0.05, 0.1) is 12.0 Å². The number of hydrogen-bond donors (Lipinski definition) is 2. The zero-order valence-corrected chi connectivity index (χ0v) is 16.8. The van der Waals surface area contributed by atoms with E-state index in [2.05, 4.69) is 10.0 Å². The van der Waals surface area contributed by atoms with Gasteiger partial charge in [0.15, 0.2) is 0 Å². The number of rotatable bonds is 7. The maximum Gasteiger partial charge on any atom is 0.240 e. The van der Waals surface area contributed by atoms with E-state index < -0.39 is 10.0 Å². The third kappa shape index (κ3) is 5.45. The Morgan fingerprint density at radius 3 is 2.26 bits per heavy atom. The van der Waals surface area contributed by atoms with Gasteiger partial charge >= 0.3 is 0 Å². The van der Waals surface area contributed by atoms with E-state index in [0.717, 1.165) is 38.5 Å². The summed E-state index contributed by atoms with van der Waals surface area (Å²) in [7, 11) is -1.97. The van der Waals surface area contributed by atoms with Gasteiger partial charge in [-0.2, -0.15) is 0 Å². The molecule has 27 heavy (non-hydrogen) atoms. The molecule has 2 fully saturated rings. The summed E-state index contributed by atoms with van der Waals surface area (Å²) < 4.78 is 32.6. The fourth-order valence-electron chi connectivity index (χ4n) is 4.08. The maximum absolute atomic E-state index is 12.4. The summed E-state index contributed by atoms with van der Waals surface area (Å²) in [6.45, 7) is 0.422. The monoisotopic (exact) mass is 394 g/mol. The maximum atomic E-state index is 12.4. The molecule has 2 saturated carbocycles. The zero-order chi connectivity index (χ0) is 19.3. The van der Waals surface area contributed by atoms with E-state index in [4.69, 9.17) is 4.74 Å². The highest BCUT2D eigenvalue weighted by atomic mass is 32.2. The van der Waals surface area contributed by atoms with Crippen molar-refractivity contribution in [1.29, 1.82) is 0 Å². The van der Waals surface area contributed by atoms with Crippen LogP contribution >= 0.6 is 0 Å². The molecule has 0 spiro atoms. The molecule has 0 bridgehead atoms. The third-order valence-corrected chi connectivity index (χ3v) is 7.29. The average Bonchev–Trinajstić information content (AvgIpc) is 3.20. The Bertz CT molecular complexity index is 719. The van der Waals surface area contributed by atoms with Crippen LogP contribution < -0.4 is 14.8 Å². The van der Waals surface area contributed by atoms with Crippen molar-refractivity contribution >= 4 is 15.9 Å². The lowest BCUT2D eigenvalue weighted by molar-refractivity contribution is -0.126. The van der Waals surface area contributed by atoms with Crippen molar-refractivity contribution in [3.63, 3.8) is 0 Å². The molecule has 1 aromatic carbocycles. The molecule has 1 amide bonds. The Balaban J connectivity index is 1.43. The molecule has 2 N–H and O–H groups in total. The molecular weight excluding hydrogens is 364 g/mol. The van der Waals surface area contributed by atoms with Crippen molar-refractivity contribution in [2.75, 3.05) is 13.7 Å². The molecule has 0 aromatic heterocycles. The lowest BCUT2D eigenvalue weighted by atomic mass is 9.81.